The van der Waals surface area contributed by atoms with Gasteiger partial charge in [-0.05, 0) is 26.8 Å². The molecule has 2 heterocycles. The van der Waals surface area contributed by atoms with Crippen LogP contribution in [0.15, 0.2) is 5.38 Å². The molecular formula is C11H17N3OS. The zero-order valence-corrected chi connectivity index (χ0v) is 10.4. The maximum Gasteiger partial charge on any atom is 0.225 e. The number of carbonyl (C=O) groups excluding carboxylic acids is 1. The van der Waals surface area contributed by atoms with Crippen molar-refractivity contribution in [2.24, 2.45) is 5.92 Å². The molecule has 0 saturated carbocycles. The van der Waals surface area contributed by atoms with Crippen molar-refractivity contribution >= 4 is 17.2 Å². The summed E-state index contributed by atoms with van der Waals surface area (Å²) in [4.78, 5) is 16.2. The molecule has 1 saturated heterocycles. The highest BCUT2D eigenvalue weighted by Gasteiger charge is 2.28. The van der Waals surface area contributed by atoms with E-state index >= 15 is 0 Å². The van der Waals surface area contributed by atoms with E-state index in [1.54, 1.807) is 11.3 Å². The summed E-state index contributed by atoms with van der Waals surface area (Å²) in [5.74, 6) is 0.253. The number of carbonyl (C=O) groups is 1. The second-order valence-electron chi connectivity index (χ2n) is 4.21. The van der Waals surface area contributed by atoms with Gasteiger partial charge in [0.05, 0.1) is 23.2 Å². The molecular weight excluding hydrogens is 222 g/mol. The van der Waals surface area contributed by atoms with Crippen molar-refractivity contribution in [2.75, 3.05) is 6.54 Å². The van der Waals surface area contributed by atoms with Crippen LogP contribution in [-0.2, 0) is 11.3 Å². The standard InChI is InChI=1S/C11H17N3OS/c1-7-10(3-4-12-7)11(15)13-5-9-6-16-8(2)14-9/h6-7,10,12H,3-5H2,1-2H3,(H,13,15). The summed E-state index contributed by atoms with van der Waals surface area (Å²) in [5, 5.41) is 9.26. The number of hydrogen-bond acceptors (Lipinski definition) is 4. The number of hydrogen-bond donors (Lipinski definition) is 2. The van der Waals surface area contributed by atoms with Crippen LogP contribution in [-0.4, -0.2) is 23.5 Å². The summed E-state index contributed by atoms with van der Waals surface area (Å²) in [7, 11) is 0. The Bertz CT molecular complexity index is 377. The summed E-state index contributed by atoms with van der Waals surface area (Å²) in [5.41, 5.74) is 0.953. The fourth-order valence-electron chi connectivity index (χ4n) is 2.02. The van der Waals surface area contributed by atoms with Crippen LogP contribution < -0.4 is 10.6 Å². The molecule has 2 atom stereocenters. The van der Waals surface area contributed by atoms with Crippen molar-refractivity contribution in [3.63, 3.8) is 0 Å². The van der Waals surface area contributed by atoms with E-state index in [9.17, 15) is 4.79 Å². The lowest BCUT2D eigenvalue weighted by Crippen LogP contribution is -2.36. The zero-order valence-electron chi connectivity index (χ0n) is 9.62. The lowest BCUT2D eigenvalue weighted by Gasteiger charge is -2.14. The molecule has 5 heteroatoms. The van der Waals surface area contributed by atoms with Crippen LogP contribution in [0, 0.1) is 12.8 Å². The van der Waals surface area contributed by atoms with Crippen molar-refractivity contribution in [1.29, 1.82) is 0 Å². The number of amides is 1. The first-order valence-electron chi connectivity index (χ1n) is 5.59. The van der Waals surface area contributed by atoms with Crippen molar-refractivity contribution in [3.05, 3.63) is 16.1 Å². The van der Waals surface area contributed by atoms with Gasteiger partial charge in [-0.1, -0.05) is 0 Å². The molecule has 2 N–H and O–H groups in total. The smallest absolute Gasteiger partial charge is 0.225 e. The van der Waals surface area contributed by atoms with E-state index in [-0.39, 0.29) is 17.9 Å². The topological polar surface area (TPSA) is 54.0 Å². The molecule has 2 rings (SSSR count). The van der Waals surface area contributed by atoms with Gasteiger partial charge in [0, 0.05) is 11.4 Å². The average Bonchev–Trinajstić information content (AvgIpc) is 2.84. The first-order chi connectivity index (χ1) is 7.66. The van der Waals surface area contributed by atoms with Crippen molar-refractivity contribution < 1.29 is 4.79 Å². The monoisotopic (exact) mass is 239 g/mol. The average molecular weight is 239 g/mol. The van der Waals surface area contributed by atoms with Crippen LogP contribution >= 0.6 is 11.3 Å². The molecule has 1 aromatic rings. The van der Waals surface area contributed by atoms with Gasteiger partial charge in [0.2, 0.25) is 5.91 Å². The molecule has 1 aliphatic rings. The Balaban J connectivity index is 1.83. The van der Waals surface area contributed by atoms with Gasteiger partial charge in [-0.25, -0.2) is 4.98 Å². The van der Waals surface area contributed by atoms with Gasteiger partial charge >= 0.3 is 0 Å². The molecule has 1 aliphatic heterocycles. The van der Waals surface area contributed by atoms with Crippen LogP contribution in [0.2, 0.25) is 0 Å². The summed E-state index contributed by atoms with van der Waals surface area (Å²) in [6.45, 7) is 5.52. The quantitative estimate of drug-likeness (QED) is 0.829. The third-order valence-electron chi connectivity index (χ3n) is 2.97. The fraction of sp³-hybridized carbons (Fsp3) is 0.636. The Hall–Kier alpha value is -0.940. The van der Waals surface area contributed by atoms with Gasteiger partial charge in [-0.3, -0.25) is 4.79 Å². The molecule has 0 aromatic carbocycles. The van der Waals surface area contributed by atoms with Crippen molar-refractivity contribution in [1.82, 2.24) is 15.6 Å². The van der Waals surface area contributed by atoms with E-state index in [1.165, 1.54) is 0 Å². The first kappa shape index (κ1) is 11.5. The Morgan fingerprint density at radius 2 is 2.56 bits per heavy atom. The van der Waals surface area contributed by atoms with Crippen LogP contribution in [0.4, 0.5) is 0 Å². The molecule has 0 radical (unpaired) electrons. The number of nitrogens with one attached hydrogen (secondary N) is 2. The van der Waals surface area contributed by atoms with E-state index in [0.29, 0.717) is 6.54 Å². The number of rotatable bonds is 3. The maximum absolute atomic E-state index is 11.9. The van der Waals surface area contributed by atoms with Gasteiger partial charge in [-0.2, -0.15) is 0 Å². The minimum atomic E-state index is 0.111. The van der Waals surface area contributed by atoms with E-state index < -0.39 is 0 Å². The molecule has 4 nitrogen and oxygen atoms in total. The molecule has 16 heavy (non-hydrogen) atoms. The molecule has 0 aliphatic carbocycles. The number of aryl methyl sites for hydroxylation is 1. The predicted molar refractivity (Wildman–Crippen MR) is 64.3 cm³/mol. The minimum absolute atomic E-state index is 0.111. The Morgan fingerprint density at radius 3 is 3.12 bits per heavy atom. The van der Waals surface area contributed by atoms with Gasteiger partial charge < -0.3 is 10.6 Å². The lowest BCUT2D eigenvalue weighted by molar-refractivity contribution is -0.125. The minimum Gasteiger partial charge on any atom is -0.350 e. The largest absolute Gasteiger partial charge is 0.350 e. The molecule has 0 spiro atoms. The molecule has 1 aromatic heterocycles. The normalized spacial score (nSPS) is 24.6. The van der Waals surface area contributed by atoms with E-state index in [1.807, 2.05) is 12.3 Å². The molecule has 2 unspecified atom stereocenters. The van der Waals surface area contributed by atoms with Crippen molar-refractivity contribution in [3.8, 4) is 0 Å². The summed E-state index contributed by atoms with van der Waals surface area (Å²) in [6.07, 6.45) is 0.934. The Morgan fingerprint density at radius 1 is 1.75 bits per heavy atom. The molecule has 1 fully saturated rings. The highest BCUT2D eigenvalue weighted by molar-refractivity contribution is 7.09. The van der Waals surface area contributed by atoms with Crippen LogP contribution in [0.3, 0.4) is 0 Å². The number of nitrogens with zero attached hydrogens (tertiary/aromatic N) is 1. The second-order valence-corrected chi connectivity index (χ2v) is 5.28. The van der Waals surface area contributed by atoms with E-state index in [4.69, 9.17) is 0 Å². The number of aromatic nitrogens is 1. The number of thiazole rings is 1. The van der Waals surface area contributed by atoms with Gasteiger partial charge in [0.1, 0.15) is 0 Å². The van der Waals surface area contributed by atoms with E-state index in [0.717, 1.165) is 23.7 Å². The Kier molecular flexibility index (Phi) is 3.56. The summed E-state index contributed by atoms with van der Waals surface area (Å²) in [6, 6.07) is 0.289. The highest BCUT2D eigenvalue weighted by Crippen LogP contribution is 2.15. The van der Waals surface area contributed by atoms with Gasteiger partial charge in [-0.15, -0.1) is 11.3 Å². The molecule has 1 amide bonds. The lowest BCUT2D eigenvalue weighted by atomic mass is 10.0. The second kappa shape index (κ2) is 4.93. The predicted octanol–water partition coefficient (Wildman–Crippen LogP) is 1.07. The van der Waals surface area contributed by atoms with Crippen LogP contribution in [0.25, 0.3) is 0 Å². The summed E-state index contributed by atoms with van der Waals surface area (Å²) >= 11 is 1.61. The van der Waals surface area contributed by atoms with Gasteiger partial charge in [0.15, 0.2) is 0 Å². The third-order valence-corrected chi connectivity index (χ3v) is 3.79. The van der Waals surface area contributed by atoms with Crippen LogP contribution in [0.1, 0.15) is 24.0 Å². The first-order valence-corrected chi connectivity index (χ1v) is 6.47. The van der Waals surface area contributed by atoms with E-state index in [2.05, 4.69) is 22.5 Å². The SMILES string of the molecule is Cc1nc(CNC(=O)C2CCNC2C)cs1. The zero-order chi connectivity index (χ0) is 11.5. The molecule has 0 bridgehead atoms. The fourth-order valence-corrected chi connectivity index (χ4v) is 2.63. The van der Waals surface area contributed by atoms with Crippen molar-refractivity contribution in [2.45, 2.75) is 32.9 Å². The Labute approximate surface area is 99.5 Å². The van der Waals surface area contributed by atoms with Gasteiger partial charge in [0.25, 0.3) is 0 Å². The van der Waals surface area contributed by atoms with Crippen LogP contribution in [0.5, 0.6) is 0 Å². The summed E-state index contributed by atoms with van der Waals surface area (Å²) < 4.78 is 0. The highest BCUT2D eigenvalue weighted by atomic mass is 32.1. The third kappa shape index (κ3) is 2.59. The maximum atomic E-state index is 11.9. The molecule has 88 valence electrons.